The quantitative estimate of drug-likeness (QED) is 0.659. The van der Waals surface area contributed by atoms with Crippen molar-refractivity contribution in [2.75, 3.05) is 0 Å². The van der Waals surface area contributed by atoms with Gasteiger partial charge in [-0.15, -0.1) is 19.7 Å². The highest BCUT2D eigenvalue weighted by Gasteiger charge is 2.46. The zero-order valence-electron chi connectivity index (χ0n) is 13.0. The Balaban J connectivity index is 2.16. The van der Waals surface area contributed by atoms with Gasteiger partial charge in [-0.3, -0.25) is 0 Å². The Morgan fingerprint density at radius 1 is 0.850 bits per heavy atom. The van der Waals surface area contributed by atoms with Crippen LogP contribution in [0.5, 0.6) is 0 Å². The summed E-state index contributed by atoms with van der Waals surface area (Å²) in [5, 5.41) is 4.06. The van der Waals surface area contributed by atoms with Crippen molar-refractivity contribution in [3.05, 3.63) is 38.0 Å². The van der Waals surface area contributed by atoms with E-state index in [4.69, 9.17) is 0 Å². The molecule has 2 bridgehead atoms. The van der Waals surface area contributed by atoms with Crippen molar-refractivity contribution in [2.24, 2.45) is 5.92 Å². The van der Waals surface area contributed by atoms with Crippen LogP contribution in [0.2, 0.25) is 0 Å². The molecule has 0 radical (unpaired) electrons. The summed E-state index contributed by atoms with van der Waals surface area (Å²) < 4.78 is 0. The van der Waals surface area contributed by atoms with Crippen LogP contribution < -0.4 is 5.32 Å². The Hall–Kier alpha value is -0.820. The SMILES string of the molecule is C=CCC1CCCC2(CC=C)CCC(CC=C)(CC1)N2. The fourth-order valence-electron chi connectivity index (χ4n) is 4.43. The van der Waals surface area contributed by atoms with Gasteiger partial charge in [-0.25, -0.2) is 0 Å². The molecule has 0 spiro atoms. The smallest absolute Gasteiger partial charge is 0.0221 e. The fraction of sp³-hybridized carbons (Fsp3) is 0.684. The molecule has 2 aliphatic heterocycles. The maximum Gasteiger partial charge on any atom is 0.0221 e. The number of rotatable bonds is 6. The molecule has 2 aliphatic rings. The van der Waals surface area contributed by atoms with Crippen LogP contribution in [0.4, 0.5) is 0 Å². The average Bonchev–Trinajstić information content (AvgIpc) is 2.79. The summed E-state index contributed by atoms with van der Waals surface area (Å²) in [6.07, 6.45) is 18.9. The van der Waals surface area contributed by atoms with E-state index in [9.17, 15) is 0 Å². The first-order valence-electron chi connectivity index (χ1n) is 8.30. The lowest BCUT2D eigenvalue weighted by atomic mass is 9.81. The van der Waals surface area contributed by atoms with Crippen LogP contribution in [0.1, 0.15) is 64.2 Å². The van der Waals surface area contributed by atoms with Crippen LogP contribution in [-0.4, -0.2) is 11.1 Å². The molecule has 0 aromatic heterocycles. The van der Waals surface area contributed by atoms with Gasteiger partial charge in [0.15, 0.2) is 0 Å². The van der Waals surface area contributed by atoms with Gasteiger partial charge in [-0.2, -0.15) is 0 Å². The minimum atomic E-state index is 0.300. The van der Waals surface area contributed by atoms with Crippen molar-refractivity contribution < 1.29 is 0 Å². The van der Waals surface area contributed by atoms with E-state index < -0.39 is 0 Å². The molecular weight excluding hydrogens is 242 g/mol. The van der Waals surface area contributed by atoms with Gasteiger partial charge in [0.2, 0.25) is 0 Å². The molecule has 3 unspecified atom stereocenters. The Morgan fingerprint density at radius 3 is 2.10 bits per heavy atom. The second-order valence-electron chi connectivity index (χ2n) is 6.99. The lowest BCUT2D eigenvalue weighted by Gasteiger charge is -2.35. The first kappa shape index (κ1) is 15.6. The van der Waals surface area contributed by atoms with Gasteiger partial charge in [-0.1, -0.05) is 31.1 Å². The normalized spacial score (nSPS) is 37.5. The minimum absolute atomic E-state index is 0.300. The third kappa shape index (κ3) is 3.44. The van der Waals surface area contributed by atoms with Gasteiger partial charge >= 0.3 is 0 Å². The van der Waals surface area contributed by atoms with Crippen molar-refractivity contribution in [3.63, 3.8) is 0 Å². The van der Waals surface area contributed by atoms with Gasteiger partial charge in [0.1, 0.15) is 0 Å². The predicted octanol–water partition coefficient (Wildman–Crippen LogP) is 5.16. The predicted molar refractivity (Wildman–Crippen MR) is 88.8 cm³/mol. The highest BCUT2D eigenvalue weighted by molar-refractivity contribution is 5.10. The number of hydrogen-bond donors (Lipinski definition) is 1. The molecule has 2 saturated heterocycles. The zero-order chi connectivity index (χ0) is 14.5. The first-order valence-corrected chi connectivity index (χ1v) is 8.30. The van der Waals surface area contributed by atoms with E-state index in [-0.39, 0.29) is 0 Å². The molecule has 2 heterocycles. The summed E-state index contributed by atoms with van der Waals surface area (Å²) in [4.78, 5) is 0. The third-order valence-corrected chi connectivity index (χ3v) is 5.48. The van der Waals surface area contributed by atoms with Crippen LogP contribution in [-0.2, 0) is 0 Å². The van der Waals surface area contributed by atoms with Crippen molar-refractivity contribution in [1.29, 1.82) is 0 Å². The Labute approximate surface area is 125 Å². The largest absolute Gasteiger partial charge is 0.305 e. The molecule has 0 aromatic carbocycles. The van der Waals surface area contributed by atoms with E-state index >= 15 is 0 Å². The van der Waals surface area contributed by atoms with Gasteiger partial charge in [0.25, 0.3) is 0 Å². The van der Waals surface area contributed by atoms with Gasteiger partial charge < -0.3 is 5.32 Å². The standard InChI is InChI=1S/C19H31N/c1-4-8-17-9-7-13-18(11-5-2)15-16-19(20-18,12-6-3)14-10-17/h4-6,17,20H,1-3,7-16H2. The second-order valence-corrected chi connectivity index (χ2v) is 6.99. The molecule has 0 aliphatic carbocycles. The molecule has 0 amide bonds. The van der Waals surface area contributed by atoms with Crippen molar-refractivity contribution in [3.8, 4) is 0 Å². The molecule has 3 atom stereocenters. The van der Waals surface area contributed by atoms with Crippen molar-refractivity contribution in [2.45, 2.75) is 75.3 Å². The summed E-state index contributed by atoms with van der Waals surface area (Å²) in [5.74, 6) is 0.830. The summed E-state index contributed by atoms with van der Waals surface area (Å²) in [5.41, 5.74) is 0.613. The highest BCUT2D eigenvalue weighted by Crippen LogP contribution is 2.44. The van der Waals surface area contributed by atoms with Crippen LogP contribution in [0.3, 0.4) is 0 Å². The van der Waals surface area contributed by atoms with E-state index in [2.05, 4.69) is 43.3 Å². The Morgan fingerprint density at radius 2 is 1.50 bits per heavy atom. The van der Waals surface area contributed by atoms with Gasteiger partial charge in [-0.05, 0) is 57.3 Å². The maximum atomic E-state index is 4.06. The van der Waals surface area contributed by atoms with Crippen molar-refractivity contribution in [1.82, 2.24) is 5.32 Å². The first-order chi connectivity index (χ1) is 9.67. The van der Waals surface area contributed by atoms with Gasteiger partial charge in [0, 0.05) is 11.1 Å². The number of fused-ring (bicyclic) bond motifs is 2. The molecular formula is C19H31N. The topological polar surface area (TPSA) is 12.0 Å². The minimum Gasteiger partial charge on any atom is -0.305 e. The van der Waals surface area contributed by atoms with Crippen LogP contribution >= 0.6 is 0 Å². The fourth-order valence-corrected chi connectivity index (χ4v) is 4.43. The Bertz CT molecular complexity index is 359. The summed E-state index contributed by atoms with van der Waals surface area (Å²) in [6, 6.07) is 0. The van der Waals surface area contributed by atoms with Crippen LogP contribution in [0.25, 0.3) is 0 Å². The number of hydrogen-bond acceptors (Lipinski definition) is 1. The molecule has 0 aromatic rings. The van der Waals surface area contributed by atoms with Crippen LogP contribution in [0.15, 0.2) is 38.0 Å². The van der Waals surface area contributed by atoms with Crippen LogP contribution in [0, 0.1) is 5.92 Å². The van der Waals surface area contributed by atoms with Gasteiger partial charge in [0.05, 0.1) is 0 Å². The molecule has 2 rings (SSSR count). The molecule has 1 nitrogen and oxygen atoms in total. The molecule has 1 N–H and O–H groups in total. The summed E-state index contributed by atoms with van der Waals surface area (Å²) in [7, 11) is 0. The van der Waals surface area contributed by atoms with Crippen molar-refractivity contribution >= 4 is 0 Å². The average molecular weight is 273 g/mol. The molecule has 0 saturated carbocycles. The zero-order valence-corrected chi connectivity index (χ0v) is 13.0. The van der Waals surface area contributed by atoms with E-state index in [1.807, 2.05) is 0 Å². The lowest BCUT2D eigenvalue weighted by molar-refractivity contribution is 0.266. The third-order valence-electron chi connectivity index (χ3n) is 5.48. The van der Waals surface area contributed by atoms with E-state index in [0.29, 0.717) is 11.1 Å². The number of allylic oxidation sites excluding steroid dienone is 1. The maximum absolute atomic E-state index is 4.06. The highest BCUT2D eigenvalue weighted by atomic mass is 15.1. The van der Waals surface area contributed by atoms with E-state index in [1.54, 1.807) is 0 Å². The second kappa shape index (κ2) is 6.76. The molecule has 2 fully saturated rings. The Kier molecular flexibility index (Phi) is 5.26. The van der Waals surface area contributed by atoms with E-state index in [1.165, 1.54) is 51.4 Å². The summed E-state index contributed by atoms with van der Waals surface area (Å²) in [6.45, 7) is 11.9. The van der Waals surface area contributed by atoms with E-state index in [0.717, 1.165) is 18.8 Å². The lowest BCUT2D eigenvalue weighted by Crippen LogP contribution is -2.50. The molecule has 112 valence electrons. The molecule has 1 heteroatoms. The molecule has 20 heavy (non-hydrogen) atoms. The summed E-state index contributed by atoms with van der Waals surface area (Å²) >= 11 is 0. The number of nitrogens with one attached hydrogen (secondary N) is 1. The monoisotopic (exact) mass is 273 g/mol.